The van der Waals surface area contributed by atoms with Gasteiger partial charge in [-0.15, -0.1) is 0 Å². The quantitative estimate of drug-likeness (QED) is 0.0563. The summed E-state index contributed by atoms with van der Waals surface area (Å²) in [6, 6.07) is -6.78. The van der Waals surface area contributed by atoms with E-state index in [-0.39, 0.29) is 32.2 Å². The zero-order chi connectivity index (χ0) is 33.4. The average Bonchev–Trinajstić information content (AvgIpc) is 3.46. The molecule has 248 valence electrons. The second kappa shape index (κ2) is 19.0. The predicted molar refractivity (Wildman–Crippen MR) is 150 cm³/mol. The number of nitrogens with zero attached hydrogens (tertiary/aromatic N) is 1. The highest BCUT2D eigenvalue weighted by Gasteiger charge is 2.38. The molecular weight excluding hydrogens is 588 g/mol. The van der Waals surface area contributed by atoms with E-state index >= 15 is 0 Å². The van der Waals surface area contributed by atoms with Crippen molar-refractivity contribution in [3.05, 3.63) is 0 Å². The molecule has 1 saturated heterocycles. The second-order valence-corrected chi connectivity index (χ2v) is 10.2. The van der Waals surface area contributed by atoms with Gasteiger partial charge in [0.25, 0.3) is 0 Å². The van der Waals surface area contributed by atoms with Crippen molar-refractivity contribution in [2.24, 2.45) is 17.2 Å². The maximum atomic E-state index is 13.1. The van der Waals surface area contributed by atoms with Crippen molar-refractivity contribution in [1.29, 1.82) is 0 Å². The van der Waals surface area contributed by atoms with E-state index in [4.69, 9.17) is 22.3 Å². The Morgan fingerprint density at radius 3 is 2.09 bits per heavy atom. The molecule has 0 saturated carbocycles. The Morgan fingerprint density at radius 1 is 0.864 bits per heavy atom. The summed E-state index contributed by atoms with van der Waals surface area (Å²) >= 11 is 0. The first-order valence-electron chi connectivity index (χ1n) is 14.0. The molecule has 44 heavy (non-hydrogen) atoms. The number of carboxylic acids is 2. The average molecular weight is 631 g/mol. The number of likely N-dealkylation sites (tertiary alicyclic amines) is 1. The maximum absolute atomic E-state index is 13.1. The number of carboxylic acid groups (broad SMARTS) is 2. The van der Waals surface area contributed by atoms with Gasteiger partial charge in [-0.25, -0.2) is 4.79 Å². The second-order valence-electron chi connectivity index (χ2n) is 10.2. The Morgan fingerprint density at radius 2 is 1.52 bits per heavy atom. The first-order chi connectivity index (χ1) is 20.7. The van der Waals surface area contributed by atoms with Crippen LogP contribution in [-0.2, 0) is 38.4 Å². The molecule has 0 spiro atoms. The van der Waals surface area contributed by atoms with E-state index in [0.717, 1.165) is 4.90 Å². The molecule has 0 aromatic rings. The van der Waals surface area contributed by atoms with Crippen molar-refractivity contribution >= 4 is 47.4 Å². The molecule has 0 bridgehead atoms. The van der Waals surface area contributed by atoms with Crippen LogP contribution >= 0.6 is 0 Å². The summed E-state index contributed by atoms with van der Waals surface area (Å²) in [5.74, 6) is -8.11. The number of hydrogen-bond donors (Lipinski definition) is 10. The molecular formula is C25H42N8O11. The van der Waals surface area contributed by atoms with Crippen LogP contribution in [0.2, 0.25) is 0 Å². The van der Waals surface area contributed by atoms with Crippen molar-refractivity contribution in [1.82, 2.24) is 26.2 Å². The van der Waals surface area contributed by atoms with E-state index in [2.05, 4.69) is 21.3 Å². The third-order valence-corrected chi connectivity index (χ3v) is 6.68. The van der Waals surface area contributed by atoms with Gasteiger partial charge in [0.2, 0.25) is 35.4 Å². The Hall–Kier alpha value is -4.36. The monoisotopic (exact) mass is 630 g/mol. The molecule has 0 aromatic heterocycles. The normalized spacial score (nSPS) is 17.0. The number of aliphatic carboxylic acids is 2. The van der Waals surface area contributed by atoms with Crippen LogP contribution in [0.3, 0.4) is 0 Å². The van der Waals surface area contributed by atoms with Gasteiger partial charge in [0.1, 0.15) is 30.2 Å². The van der Waals surface area contributed by atoms with Gasteiger partial charge in [-0.2, -0.15) is 0 Å². The highest BCUT2D eigenvalue weighted by Crippen LogP contribution is 2.19. The number of amides is 6. The number of carbonyl (C=O) groups excluding carboxylic acids is 6. The number of nitrogens with two attached hydrogens (primary N) is 3. The number of rotatable bonds is 20. The highest BCUT2D eigenvalue weighted by atomic mass is 16.4. The van der Waals surface area contributed by atoms with E-state index in [9.17, 15) is 48.6 Å². The van der Waals surface area contributed by atoms with Crippen molar-refractivity contribution < 1.29 is 53.7 Å². The highest BCUT2D eigenvalue weighted by molar-refractivity contribution is 5.96. The van der Waals surface area contributed by atoms with Gasteiger partial charge in [0.15, 0.2) is 0 Å². The first-order valence-corrected chi connectivity index (χ1v) is 14.0. The number of nitrogens with one attached hydrogen (secondary N) is 4. The lowest BCUT2D eigenvalue weighted by Gasteiger charge is -2.28. The topological polar surface area (TPSA) is 327 Å². The zero-order valence-corrected chi connectivity index (χ0v) is 24.2. The minimum Gasteiger partial charge on any atom is -0.481 e. The number of unbranched alkanes of at least 4 members (excludes halogenated alkanes) is 1. The minimum atomic E-state index is -1.74. The standard InChI is InChI=1S/C25H42N8O11/c26-8-2-1-4-14(31-21(39)13(27)12-34)22(40)29-11-19(36)30-16(10-20(37)38)23(41)32-15(6-7-18(28)35)24(42)33-9-3-5-17(33)25(43)44/h13-17,34H,1-12,26-27H2,(H2,28,35)(H,29,40)(H,30,36)(H,31,39)(H,32,41)(H,37,38)(H,43,44)/t13-,14-,15-,16-,17-/m0/s1. The van der Waals surface area contributed by atoms with E-state index < -0.39 is 97.2 Å². The third kappa shape index (κ3) is 12.9. The lowest BCUT2D eigenvalue weighted by atomic mass is 10.1. The van der Waals surface area contributed by atoms with Crippen molar-refractivity contribution in [2.45, 2.75) is 81.6 Å². The zero-order valence-electron chi connectivity index (χ0n) is 24.2. The molecule has 1 aliphatic heterocycles. The predicted octanol–water partition coefficient (Wildman–Crippen LogP) is -5.18. The largest absolute Gasteiger partial charge is 0.481 e. The van der Waals surface area contributed by atoms with Gasteiger partial charge in [-0.05, 0) is 45.1 Å². The molecule has 1 rings (SSSR count). The van der Waals surface area contributed by atoms with Crippen LogP contribution in [0.1, 0.15) is 51.4 Å². The lowest BCUT2D eigenvalue weighted by molar-refractivity contribution is -0.149. The van der Waals surface area contributed by atoms with Crippen LogP contribution in [0, 0.1) is 0 Å². The summed E-state index contributed by atoms with van der Waals surface area (Å²) in [7, 11) is 0. The van der Waals surface area contributed by atoms with Gasteiger partial charge in [0, 0.05) is 13.0 Å². The van der Waals surface area contributed by atoms with E-state index in [0.29, 0.717) is 25.8 Å². The number of aliphatic hydroxyl groups excluding tert-OH is 1. The fraction of sp³-hybridized carbons (Fsp3) is 0.680. The van der Waals surface area contributed by atoms with Crippen LogP contribution < -0.4 is 38.5 Å². The fourth-order valence-electron chi connectivity index (χ4n) is 4.35. The summed E-state index contributed by atoms with van der Waals surface area (Å²) in [6.07, 6.45) is 0.0212. The molecule has 1 fully saturated rings. The maximum Gasteiger partial charge on any atom is 0.326 e. The molecule has 0 radical (unpaired) electrons. The summed E-state index contributed by atoms with van der Waals surface area (Å²) in [5.41, 5.74) is 16.1. The lowest BCUT2D eigenvalue weighted by Crippen LogP contribution is -2.57. The number of primary amides is 1. The van der Waals surface area contributed by atoms with E-state index in [1.807, 2.05) is 0 Å². The van der Waals surface area contributed by atoms with Crippen molar-refractivity contribution in [2.75, 3.05) is 26.2 Å². The van der Waals surface area contributed by atoms with Gasteiger partial charge >= 0.3 is 11.9 Å². The Labute approximate surface area is 252 Å². The number of carbonyl (C=O) groups is 8. The minimum absolute atomic E-state index is 0.0767. The van der Waals surface area contributed by atoms with Crippen LogP contribution in [0.4, 0.5) is 0 Å². The molecule has 1 aliphatic rings. The summed E-state index contributed by atoms with van der Waals surface area (Å²) < 4.78 is 0. The van der Waals surface area contributed by atoms with Crippen molar-refractivity contribution in [3.63, 3.8) is 0 Å². The fourth-order valence-corrected chi connectivity index (χ4v) is 4.35. The molecule has 1 heterocycles. The molecule has 0 unspecified atom stereocenters. The smallest absolute Gasteiger partial charge is 0.326 e. The molecule has 5 atom stereocenters. The van der Waals surface area contributed by atoms with Crippen LogP contribution in [0.25, 0.3) is 0 Å². The SMILES string of the molecule is NCCCC[C@H](NC(=O)[C@@H](N)CO)C(=O)NCC(=O)N[C@@H](CC(=O)O)C(=O)N[C@@H](CCC(N)=O)C(=O)N1CCC[C@H]1C(=O)O. The van der Waals surface area contributed by atoms with Crippen LogP contribution in [-0.4, -0.2) is 124 Å². The number of aliphatic hydroxyl groups is 1. The molecule has 19 heteroatoms. The Balaban J connectivity index is 2.96. The van der Waals surface area contributed by atoms with Crippen LogP contribution in [0.15, 0.2) is 0 Å². The summed E-state index contributed by atoms with van der Waals surface area (Å²) in [4.78, 5) is 98.9. The van der Waals surface area contributed by atoms with Gasteiger partial charge in [-0.1, -0.05) is 0 Å². The van der Waals surface area contributed by atoms with Crippen molar-refractivity contribution in [3.8, 4) is 0 Å². The molecule has 0 aliphatic carbocycles. The van der Waals surface area contributed by atoms with E-state index in [1.54, 1.807) is 0 Å². The van der Waals surface area contributed by atoms with Gasteiger partial charge < -0.3 is 58.7 Å². The number of hydrogen-bond acceptors (Lipinski definition) is 11. The van der Waals surface area contributed by atoms with Gasteiger partial charge in [-0.3, -0.25) is 33.6 Å². The molecule has 0 aromatic carbocycles. The summed E-state index contributed by atoms with van der Waals surface area (Å²) in [5, 5.41) is 36.9. The molecule has 6 amide bonds. The third-order valence-electron chi connectivity index (χ3n) is 6.68. The molecule has 13 N–H and O–H groups in total. The molecule has 19 nitrogen and oxygen atoms in total. The Kier molecular flexibility index (Phi) is 16.3. The van der Waals surface area contributed by atoms with Gasteiger partial charge in [0.05, 0.1) is 19.6 Å². The van der Waals surface area contributed by atoms with Crippen LogP contribution in [0.5, 0.6) is 0 Å². The summed E-state index contributed by atoms with van der Waals surface area (Å²) in [6.45, 7) is -1.02. The van der Waals surface area contributed by atoms with E-state index in [1.165, 1.54) is 0 Å². The Bertz CT molecular complexity index is 1070. The first kappa shape index (κ1) is 37.7.